The van der Waals surface area contributed by atoms with Gasteiger partial charge in [0.1, 0.15) is 0 Å². The molecule has 2 aromatic rings. The number of hydrogen-bond donors (Lipinski definition) is 2. The van der Waals surface area contributed by atoms with Gasteiger partial charge in [0.25, 0.3) is 0 Å². The average Bonchev–Trinajstić information content (AvgIpc) is 3.02. The molecule has 5 heteroatoms. The van der Waals surface area contributed by atoms with Crippen LogP contribution in [0.5, 0.6) is 0 Å². The Kier molecular flexibility index (Phi) is 6.30. The van der Waals surface area contributed by atoms with Crippen LogP contribution in [0.3, 0.4) is 0 Å². The summed E-state index contributed by atoms with van der Waals surface area (Å²) in [6, 6.07) is 15.5. The highest BCUT2D eigenvalue weighted by Crippen LogP contribution is 2.21. The fourth-order valence-electron chi connectivity index (χ4n) is 3.31. The number of hydrogen-bond acceptors (Lipinski definition) is 3. The van der Waals surface area contributed by atoms with E-state index >= 15 is 0 Å². The van der Waals surface area contributed by atoms with Gasteiger partial charge >= 0.3 is 0 Å². The fraction of sp³-hybridized carbons (Fsp3) is 0.381. The van der Waals surface area contributed by atoms with E-state index in [9.17, 15) is 9.90 Å². The predicted octanol–water partition coefficient (Wildman–Crippen LogP) is 3.72. The maximum atomic E-state index is 12.5. The van der Waals surface area contributed by atoms with Gasteiger partial charge in [0, 0.05) is 36.3 Å². The number of carbonyl (C=O) groups excluding carboxylic acids is 1. The summed E-state index contributed by atoms with van der Waals surface area (Å²) in [7, 11) is 0. The zero-order valence-electron chi connectivity index (χ0n) is 15.0. The molecule has 2 unspecified atom stereocenters. The summed E-state index contributed by atoms with van der Waals surface area (Å²) >= 11 is 6.19. The van der Waals surface area contributed by atoms with Gasteiger partial charge in [0.05, 0.1) is 6.10 Å². The molecule has 0 spiro atoms. The molecule has 2 aromatic carbocycles. The van der Waals surface area contributed by atoms with Crippen LogP contribution < -0.4 is 5.32 Å². The van der Waals surface area contributed by atoms with E-state index < -0.39 is 0 Å². The van der Waals surface area contributed by atoms with Crippen molar-refractivity contribution in [2.75, 3.05) is 18.4 Å². The Bertz CT molecular complexity index is 765. The first-order valence-corrected chi connectivity index (χ1v) is 9.42. The van der Waals surface area contributed by atoms with Crippen LogP contribution in [0.1, 0.15) is 24.5 Å². The van der Waals surface area contributed by atoms with Crippen LogP contribution in [-0.4, -0.2) is 35.1 Å². The van der Waals surface area contributed by atoms with E-state index in [4.69, 9.17) is 11.6 Å². The third-order valence-electron chi connectivity index (χ3n) is 4.78. The molecule has 1 heterocycles. The Morgan fingerprint density at radius 3 is 2.85 bits per heavy atom. The van der Waals surface area contributed by atoms with Gasteiger partial charge in [-0.2, -0.15) is 0 Å². The molecular weight excluding hydrogens is 348 g/mol. The fourth-order valence-corrected chi connectivity index (χ4v) is 3.53. The lowest BCUT2D eigenvalue weighted by Gasteiger charge is -2.17. The number of nitrogens with one attached hydrogen (secondary N) is 1. The first-order valence-electron chi connectivity index (χ1n) is 9.05. The second kappa shape index (κ2) is 8.67. The molecule has 26 heavy (non-hydrogen) atoms. The number of β-amino-alcohol motifs (C(OH)–C–C–N with tert-alkyl or cyclic N) is 1. The minimum atomic E-state index is -0.219. The first-order chi connectivity index (χ1) is 12.5. The molecule has 1 saturated heterocycles. The van der Waals surface area contributed by atoms with E-state index in [1.165, 1.54) is 0 Å². The molecule has 2 atom stereocenters. The molecule has 0 aromatic heterocycles. The molecule has 3 rings (SSSR count). The highest BCUT2D eigenvalue weighted by molar-refractivity contribution is 6.31. The third kappa shape index (κ3) is 5.07. The van der Waals surface area contributed by atoms with Gasteiger partial charge in [0.2, 0.25) is 5.91 Å². The molecule has 1 aliphatic rings. The lowest BCUT2D eigenvalue weighted by atomic mass is 10.00. The van der Waals surface area contributed by atoms with E-state index in [1.54, 1.807) is 0 Å². The van der Waals surface area contributed by atoms with Gasteiger partial charge in [-0.1, -0.05) is 48.9 Å². The number of anilines is 1. The van der Waals surface area contributed by atoms with Crippen molar-refractivity contribution in [3.63, 3.8) is 0 Å². The molecule has 0 bridgehead atoms. The van der Waals surface area contributed by atoms with Gasteiger partial charge in [0.15, 0.2) is 0 Å². The smallest absolute Gasteiger partial charge is 0.227 e. The second-order valence-corrected chi connectivity index (χ2v) is 7.47. The van der Waals surface area contributed by atoms with Crippen molar-refractivity contribution < 1.29 is 9.90 Å². The summed E-state index contributed by atoms with van der Waals surface area (Å²) in [5.74, 6) is -0.189. The van der Waals surface area contributed by atoms with E-state index in [-0.39, 0.29) is 17.9 Å². The zero-order chi connectivity index (χ0) is 18.5. The van der Waals surface area contributed by atoms with Crippen LogP contribution in [0.4, 0.5) is 5.69 Å². The molecular formula is C21H25ClN2O2. The third-order valence-corrected chi connectivity index (χ3v) is 5.15. The number of halogens is 1. The number of rotatable bonds is 6. The molecule has 0 radical (unpaired) electrons. The number of aliphatic hydroxyl groups is 1. The van der Waals surface area contributed by atoms with Crippen molar-refractivity contribution in [1.29, 1.82) is 0 Å². The van der Waals surface area contributed by atoms with Crippen molar-refractivity contribution >= 4 is 23.2 Å². The van der Waals surface area contributed by atoms with Crippen molar-refractivity contribution in [3.05, 3.63) is 64.7 Å². The minimum Gasteiger partial charge on any atom is -0.392 e. The van der Waals surface area contributed by atoms with Crippen LogP contribution in [0.2, 0.25) is 5.02 Å². The number of nitrogens with zero attached hydrogens (tertiary/aromatic N) is 1. The Hall–Kier alpha value is -1.88. The van der Waals surface area contributed by atoms with Crippen LogP contribution in [0, 0.1) is 5.92 Å². The first kappa shape index (κ1) is 18.9. The molecule has 1 amide bonds. The van der Waals surface area contributed by atoms with Gasteiger partial charge in [-0.25, -0.2) is 0 Å². The highest BCUT2D eigenvalue weighted by Gasteiger charge is 2.20. The summed E-state index contributed by atoms with van der Waals surface area (Å²) in [6.07, 6.45) is 1.22. The van der Waals surface area contributed by atoms with Crippen molar-refractivity contribution in [1.82, 2.24) is 4.90 Å². The van der Waals surface area contributed by atoms with Crippen LogP contribution in [-0.2, 0) is 17.8 Å². The molecule has 1 fully saturated rings. The van der Waals surface area contributed by atoms with Crippen molar-refractivity contribution in [2.24, 2.45) is 5.92 Å². The highest BCUT2D eigenvalue weighted by atomic mass is 35.5. The standard InChI is InChI=1S/C21H25ClN2O2/c1-15(11-17-6-2-3-8-20(17)22)21(26)23-18-7-4-5-16(12-18)13-24-10-9-19(25)14-24/h2-8,12,15,19,25H,9-11,13-14H2,1H3,(H,23,26). The van der Waals surface area contributed by atoms with E-state index in [1.807, 2.05) is 55.5 Å². The molecule has 0 aliphatic carbocycles. The number of carbonyl (C=O) groups is 1. The molecule has 2 N–H and O–H groups in total. The second-order valence-electron chi connectivity index (χ2n) is 7.06. The van der Waals surface area contributed by atoms with Crippen molar-refractivity contribution in [2.45, 2.75) is 32.4 Å². The van der Waals surface area contributed by atoms with Crippen LogP contribution in [0.15, 0.2) is 48.5 Å². The number of benzene rings is 2. The summed E-state index contributed by atoms with van der Waals surface area (Å²) < 4.78 is 0. The Labute approximate surface area is 159 Å². The van der Waals surface area contributed by atoms with E-state index in [0.717, 1.165) is 36.3 Å². The maximum absolute atomic E-state index is 12.5. The number of amides is 1. The lowest BCUT2D eigenvalue weighted by Crippen LogP contribution is -2.23. The Morgan fingerprint density at radius 2 is 2.12 bits per heavy atom. The minimum absolute atomic E-state index is 0.0151. The maximum Gasteiger partial charge on any atom is 0.227 e. The predicted molar refractivity (Wildman–Crippen MR) is 105 cm³/mol. The van der Waals surface area contributed by atoms with Crippen LogP contribution in [0.25, 0.3) is 0 Å². The van der Waals surface area contributed by atoms with E-state index in [2.05, 4.69) is 10.2 Å². The van der Waals surface area contributed by atoms with Gasteiger partial charge in [-0.05, 0) is 42.2 Å². The summed E-state index contributed by atoms with van der Waals surface area (Å²) in [6.45, 7) is 4.32. The molecule has 4 nitrogen and oxygen atoms in total. The topological polar surface area (TPSA) is 52.6 Å². The number of aliphatic hydroxyl groups excluding tert-OH is 1. The summed E-state index contributed by atoms with van der Waals surface area (Å²) in [4.78, 5) is 14.8. The Balaban J connectivity index is 1.58. The van der Waals surface area contributed by atoms with Crippen LogP contribution >= 0.6 is 11.6 Å². The van der Waals surface area contributed by atoms with Gasteiger partial charge in [-0.3, -0.25) is 9.69 Å². The van der Waals surface area contributed by atoms with E-state index in [0.29, 0.717) is 18.0 Å². The lowest BCUT2D eigenvalue weighted by molar-refractivity contribution is -0.119. The summed E-state index contributed by atoms with van der Waals surface area (Å²) in [5, 5.41) is 13.3. The normalized spacial score (nSPS) is 18.7. The van der Waals surface area contributed by atoms with Gasteiger partial charge in [-0.15, -0.1) is 0 Å². The molecule has 138 valence electrons. The average molecular weight is 373 g/mol. The summed E-state index contributed by atoms with van der Waals surface area (Å²) in [5.41, 5.74) is 2.92. The SMILES string of the molecule is CC(Cc1ccccc1Cl)C(=O)Nc1cccc(CN2CCC(O)C2)c1. The quantitative estimate of drug-likeness (QED) is 0.812. The van der Waals surface area contributed by atoms with Crippen molar-refractivity contribution in [3.8, 4) is 0 Å². The largest absolute Gasteiger partial charge is 0.392 e. The van der Waals surface area contributed by atoms with Gasteiger partial charge < -0.3 is 10.4 Å². The molecule has 0 saturated carbocycles. The molecule has 1 aliphatic heterocycles. The zero-order valence-corrected chi connectivity index (χ0v) is 15.7. The monoisotopic (exact) mass is 372 g/mol. The number of likely N-dealkylation sites (tertiary alicyclic amines) is 1. The Morgan fingerprint density at radius 1 is 1.31 bits per heavy atom.